The maximum absolute atomic E-state index is 12.2. The van der Waals surface area contributed by atoms with Crippen molar-refractivity contribution in [1.82, 2.24) is 0 Å². The molecular formula is C8H13F3O3S. The van der Waals surface area contributed by atoms with E-state index in [1.807, 2.05) is 0 Å². The van der Waals surface area contributed by atoms with Crippen LogP contribution in [0.25, 0.3) is 0 Å². The molecule has 1 saturated carbocycles. The lowest BCUT2D eigenvalue weighted by Gasteiger charge is -2.28. The summed E-state index contributed by atoms with van der Waals surface area (Å²) in [5, 5.41) is 0. The molecule has 1 rings (SSSR count). The van der Waals surface area contributed by atoms with Crippen LogP contribution >= 0.6 is 0 Å². The van der Waals surface area contributed by atoms with E-state index in [0.29, 0.717) is 0 Å². The van der Waals surface area contributed by atoms with Crippen LogP contribution < -0.4 is 0 Å². The molecule has 1 fully saturated rings. The lowest BCUT2D eigenvalue weighted by Crippen LogP contribution is -2.31. The molecule has 7 heteroatoms. The molecule has 1 aliphatic rings. The van der Waals surface area contributed by atoms with Crippen LogP contribution in [0.3, 0.4) is 0 Å². The largest absolute Gasteiger partial charge is 0.391 e. The Kier molecular flexibility index (Phi) is 3.65. The minimum Gasteiger partial charge on any atom is -0.267 e. The van der Waals surface area contributed by atoms with E-state index in [1.54, 1.807) is 0 Å². The molecule has 0 N–H and O–H groups in total. The molecule has 0 spiro atoms. The fraction of sp³-hybridized carbons (Fsp3) is 1.00. The van der Waals surface area contributed by atoms with E-state index in [9.17, 15) is 21.6 Å². The fourth-order valence-electron chi connectivity index (χ4n) is 1.73. The molecule has 90 valence electrons. The Hall–Kier alpha value is -0.300. The second kappa shape index (κ2) is 4.29. The second-order valence-corrected chi connectivity index (χ2v) is 5.42. The summed E-state index contributed by atoms with van der Waals surface area (Å²) in [5.41, 5.74) is 0. The summed E-state index contributed by atoms with van der Waals surface area (Å²) in [6.45, 7) is 0. The Bertz CT molecular complexity index is 302. The van der Waals surface area contributed by atoms with Gasteiger partial charge in [0.25, 0.3) is 10.1 Å². The number of alkyl halides is 3. The molecule has 0 aliphatic heterocycles. The fourth-order valence-corrected chi connectivity index (χ4v) is 2.42. The van der Waals surface area contributed by atoms with Crippen molar-refractivity contribution in [1.29, 1.82) is 0 Å². The van der Waals surface area contributed by atoms with Gasteiger partial charge in [0.1, 0.15) is 0 Å². The lowest BCUT2D eigenvalue weighted by atomic mass is 9.87. The van der Waals surface area contributed by atoms with Gasteiger partial charge < -0.3 is 0 Å². The second-order valence-electron chi connectivity index (χ2n) is 3.82. The molecule has 0 aromatic rings. The van der Waals surface area contributed by atoms with E-state index in [-0.39, 0.29) is 25.7 Å². The summed E-state index contributed by atoms with van der Waals surface area (Å²) in [5.74, 6) is -1.31. The van der Waals surface area contributed by atoms with E-state index < -0.39 is 28.3 Å². The zero-order valence-electron chi connectivity index (χ0n) is 8.25. The highest BCUT2D eigenvalue weighted by atomic mass is 32.2. The molecule has 0 radical (unpaired) electrons. The first-order chi connectivity index (χ1) is 6.68. The maximum Gasteiger partial charge on any atom is 0.391 e. The Morgan fingerprint density at radius 1 is 1.13 bits per heavy atom. The summed E-state index contributed by atoms with van der Waals surface area (Å²) in [4.78, 5) is 0. The molecular weight excluding hydrogens is 233 g/mol. The molecule has 3 nitrogen and oxygen atoms in total. The molecule has 0 unspecified atom stereocenters. The predicted molar refractivity (Wildman–Crippen MR) is 47.7 cm³/mol. The normalized spacial score (nSPS) is 29.1. The van der Waals surface area contributed by atoms with Gasteiger partial charge in [0.15, 0.2) is 0 Å². The zero-order chi connectivity index (χ0) is 11.7. The van der Waals surface area contributed by atoms with Crippen LogP contribution in [0, 0.1) is 5.92 Å². The highest BCUT2D eigenvalue weighted by Crippen LogP contribution is 2.38. The molecule has 0 heterocycles. The third-order valence-corrected chi connectivity index (χ3v) is 3.07. The number of hydrogen-bond donors (Lipinski definition) is 0. The predicted octanol–water partition coefficient (Wildman–Crippen LogP) is 2.08. The van der Waals surface area contributed by atoms with Crippen molar-refractivity contribution in [2.75, 3.05) is 6.26 Å². The van der Waals surface area contributed by atoms with Gasteiger partial charge in [-0.2, -0.15) is 21.6 Å². The topological polar surface area (TPSA) is 43.4 Å². The average Bonchev–Trinajstić information content (AvgIpc) is 2.00. The van der Waals surface area contributed by atoms with Gasteiger partial charge in [-0.3, -0.25) is 4.18 Å². The molecule has 0 saturated heterocycles. The van der Waals surface area contributed by atoms with E-state index in [1.165, 1.54) is 0 Å². The van der Waals surface area contributed by atoms with Crippen LogP contribution in [0.4, 0.5) is 13.2 Å². The highest BCUT2D eigenvalue weighted by Gasteiger charge is 2.41. The van der Waals surface area contributed by atoms with Gasteiger partial charge in [-0.25, -0.2) is 0 Å². The minimum atomic E-state index is -4.17. The smallest absolute Gasteiger partial charge is 0.267 e. The van der Waals surface area contributed by atoms with Crippen LogP contribution in [-0.4, -0.2) is 27.0 Å². The lowest BCUT2D eigenvalue weighted by molar-refractivity contribution is -0.185. The van der Waals surface area contributed by atoms with E-state index >= 15 is 0 Å². The van der Waals surface area contributed by atoms with Crippen LogP contribution in [0.2, 0.25) is 0 Å². The first-order valence-electron chi connectivity index (χ1n) is 4.63. The van der Waals surface area contributed by atoms with Crippen molar-refractivity contribution in [3.8, 4) is 0 Å². The zero-order valence-corrected chi connectivity index (χ0v) is 9.07. The van der Waals surface area contributed by atoms with Crippen molar-refractivity contribution in [2.24, 2.45) is 5.92 Å². The molecule has 15 heavy (non-hydrogen) atoms. The van der Waals surface area contributed by atoms with Crippen LogP contribution in [-0.2, 0) is 14.3 Å². The quantitative estimate of drug-likeness (QED) is 0.701. The Morgan fingerprint density at radius 2 is 1.60 bits per heavy atom. The SMILES string of the molecule is CS(=O)(=O)O[C@H]1CC[C@H](C(F)(F)F)CC1. The summed E-state index contributed by atoms with van der Waals surface area (Å²) < 4.78 is 62.9. The molecule has 0 amide bonds. The summed E-state index contributed by atoms with van der Waals surface area (Å²) in [6, 6.07) is 0. The Morgan fingerprint density at radius 3 is 1.93 bits per heavy atom. The molecule has 0 bridgehead atoms. The summed E-state index contributed by atoms with van der Waals surface area (Å²) >= 11 is 0. The summed E-state index contributed by atoms with van der Waals surface area (Å²) in [6.07, 6.45) is -3.65. The first-order valence-corrected chi connectivity index (χ1v) is 6.45. The van der Waals surface area contributed by atoms with Gasteiger partial charge in [-0.05, 0) is 25.7 Å². The van der Waals surface area contributed by atoms with Gasteiger partial charge in [-0.1, -0.05) is 0 Å². The molecule has 0 aromatic heterocycles. The van der Waals surface area contributed by atoms with Crippen molar-refractivity contribution < 1.29 is 25.8 Å². The third kappa shape index (κ3) is 4.38. The molecule has 0 aromatic carbocycles. The molecule has 1 aliphatic carbocycles. The van der Waals surface area contributed by atoms with Crippen molar-refractivity contribution in [3.05, 3.63) is 0 Å². The van der Waals surface area contributed by atoms with Crippen LogP contribution in [0.1, 0.15) is 25.7 Å². The van der Waals surface area contributed by atoms with Crippen molar-refractivity contribution >= 4 is 10.1 Å². The third-order valence-electron chi connectivity index (χ3n) is 2.45. The van der Waals surface area contributed by atoms with Crippen molar-refractivity contribution in [2.45, 2.75) is 38.0 Å². The monoisotopic (exact) mass is 246 g/mol. The highest BCUT2D eigenvalue weighted by molar-refractivity contribution is 7.86. The van der Waals surface area contributed by atoms with E-state index in [2.05, 4.69) is 4.18 Å². The van der Waals surface area contributed by atoms with Gasteiger partial charge in [0.05, 0.1) is 18.3 Å². The van der Waals surface area contributed by atoms with Gasteiger partial charge in [-0.15, -0.1) is 0 Å². The number of hydrogen-bond acceptors (Lipinski definition) is 3. The Labute approximate surface area is 86.7 Å². The minimum absolute atomic E-state index is 0.0519. The van der Waals surface area contributed by atoms with Gasteiger partial charge in [0.2, 0.25) is 0 Å². The standard InChI is InChI=1S/C8H13F3O3S/c1-15(12,13)14-7-4-2-6(3-5-7)8(9,10)11/h6-7H,2-5H2,1H3/t6-,7-. The summed E-state index contributed by atoms with van der Waals surface area (Å²) in [7, 11) is -3.56. The Balaban J connectivity index is 2.43. The van der Waals surface area contributed by atoms with E-state index in [0.717, 1.165) is 6.26 Å². The molecule has 0 atom stereocenters. The van der Waals surface area contributed by atoms with Gasteiger partial charge >= 0.3 is 6.18 Å². The number of halogens is 3. The van der Waals surface area contributed by atoms with E-state index in [4.69, 9.17) is 0 Å². The van der Waals surface area contributed by atoms with Gasteiger partial charge in [0, 0.05) is 0 Å². The van der Waals surface area contributed by atoms with Crippen LogP contribution in [0.15, 0.2) is 0 Å². The number of rotatable bonds is 2. The van der Waals surface area contributed by atoms with Crippen molar-refractivity contribution in [3.63, 3.8) is 0 Å². The first kappa shape index (κ1) is 12.8. The van der Waals surface area contributed by atoms with Crippen LogP contribution in [0.5, 0.6) is 0 Å². The maximum atomic E-state index is 12.2. The average molecular weight is 246 g/mol.